The largest absolute Gasteiger partial charge is 0.497 e. The molecule has 0 amide bonds. The number of hydrogen-bond acceptors (Lipinski definition) is 2. The first-order chi connectivity index (χ1) is 7.84. The van der Waals surface area contributed by atoms with Crippen molar-refractivity contribution in [1.29, 1.82) is 0 Å². The van der Waals surface area contributed by atoms with E-state index in [0.717, 1.165) is 0 Å². The molecule has 0 unspecified atom stereocenters. The molecule has 1 aromatic carbocycles. The molecule has 1 atom stereocenters. The van der Waals surface area contributed by atoms with Gasteiger partial charge in [0.25, 0.3) is 0 Å². The third kappa shape index (κ3) is 4.13. The van der Waals surface area contributed by atoms with Crippen LogP contribution in [-0.2, 0) is 11.0 Å². The molecule has 0 saturated heterocycles. The first-order valence-corrected chi connectivity index (χ1v) is 6.62. The van der Waals surface area contributed by atoms with Crippen molar-refractivity contribution in [2.45, 2.75) is 25.5 Å². The Kier molecular flexibility index (Phi) is 4.71. The zero-order chi connectivity index (χ0) is 13.1. The predicted octanol–water partition coefficient (Wildman–Crippen LogP) is 3.23. The minimum atomic E-state index is -1.28. The molecule has 0 heterocycles. The second kappa shape index (κ2) is 5.65. The van der Waals surface area contributed by atoms with Gasteiger partial charge in [0.15, 0.2) is 0 Å². The Bertz CT molecular complexity index is 452. The maximum absolute atomic E-state index is 11.7. The van der Waals surface area contributed by atoms with Gasteiger partial charge < -0.3 is 4.74 Å². The number of benzene rings is 1. The Labute approximate surface area is 109 Å². The summed E-state index contributed by atoms with van der Waals surface area (Å²) in [7, 11) is 0.296. The van der Waals surface area contributed by atoms with Gasteiger partial charge in [-0.05, 0) is 39.0 Å². The van der Waals surface area contributed by atoms with Crippen LogP contribution in [-0.4, -0.2) is 22.3 Å². The monoisotopic (exact) mass is 273 g/mol. The second-order valence-electron chi connectivity index (χ2n) is 4.48. The Morgan fingerprint density at radius 3 is 2.59 bits per heavy atom. The molecule has 3 nitrogen and oxygen atoms in total. The molecule has 1 rings (SSSR count). The number of nitrogens with zero attached hydrogens (tertiary/aromatic N) is 1. The summed E-state index contributed by atoms with van der Waals surface area (Å²) < 4.78 is 20.5. The van der Waals surface area contributed by atoms with Crippen molar-refractivity contribution in [2.24, 2.45) is 4.40 Å². The van der Waals surface area contributed by atoms with Gasteiger partial charge in [0.1, 0.15) is 16.7 Å². The molecule has 0 aromatic heterocycles. The van der Waals surface area contributed by atoms with Crippen LogP contribution in [0.4, 0.5) is 0 Å². The number of methoxy groups -OCH3 is 1. The molecule has 17 heavy (non-hydrogen) atoms. The molecule has 0 saturated carbocycles. The fourth-order valence-electron chi connectivity index (χ4n) is 1.01. The topological polar surface area (TPSA) is 38.7 Å². The van der Waals surface area contributed by atoms with Gasteiger partial charge in [-0.2, -0.15) is 4.40 Å². The normalized spacial score (nSPS) is 13.9. The Hall–Kier alpha value is -0.870. The number of halogens is 1. The van der Waals surface area contributed by atoms with Gasteiger partial charge in [-0.15, -0.1) is 0 Å². The van der Waals surface area contributed by atoms with Gasteiger partial charge in [-0.1, -0.05) is 11.6 Å². The standard InChI is InChI=1S/C12H16ClNO2S/c1-12(2,3)17(15)14-8-9-7-10(16-4)5-6-11(9)13/h5-8H,1-4H3/t17-/m1/s1. The van der Waals surface area contributed by atoms with Crippen LogP contribution in [0.1, 0.15) is 26.3 Å². The van der Waals surface area contributed by atoms with Gasteiger partial charge in [0.2, 0.25) is 0 Å². The van der Waals surface area contributed by atoms with Gasteiger partial charge in [-0.25, -0.2) is 4.21 Å². The Balaban J connectivity index is 2.95. The lowest BCUT2D eigenvalue weighted by Gasteiger charge is -2.12. The summed E-state index contributed by atoms with van der Waals surface area (Å²) >= 11 is 6.01. The molecule has 0 aliphatic carbocycles. The number of hydrogen-bond donors (Lipinski definition) is 0. The van der Waals surface area contributed by atoms with E-state index in [1.165, 1.54) is 6.21 Å². The average Bonchev–Trinajstić information content (AvgIpc) is 2.26. The maximum atomic E-state index is 11.7. The third-order valence-corrected chi connectivity index (χ3v) is 3.70. The van der Waals surface area contributed by atoms with E-state index >= 15 is 0 Å². The van der Waals surface area contributed by atoms with Crippen molar-refractivity contribution in [3.8, 4) is 5.75 Å². The minimum Gasteiger partial charge on any atom is -0.497 e. The van der Waals surface area contributed by atoms with Crippen molar-refractivity contribution in [3.63, 3.8) is 0 Å². The van der Waals surface area contributed by atoms with E-state index in [1.807, 2.05) is 20.8 Å². The molecule has 0 aliphatic rings. The van der Waals surface area contributed by atoms with Crippen LogP contribution in [0.15, 0.2) is 22.6 Å². The first kappa shape index (κ1) is 14.2. The summed E-state index contributed by atoms with van der Waals surface area (Å²) in [5.74, 6) is 0.692. The molecule has 5 heteroatoms. The fraction of sp³-hybridized carbons (Fsp3) is 0.417. The highest BCUT2D eigenvalue weighted by molar-refractivity contribution is 7.85. The van der Waals surface area contributed by atoms with Crippen LogP contribution in [0, 0.1) is 0 Å². The second-order valence-corrected chi connectivity index (χ2v) is 6.82. The first-order valence-electron chi connectivity index (χ1n) is 5.14. The molecular formula is C12H16ClNO2S. The summed E-state index contributed by atoms with van der Waals surface area (Å²) in [6.07, 6.45) is 1.52. The highest BCUT2D eigenvalue weighted by atomic mass is 35.5. The van der Waals surface area contributed by atoms with E-state index in [1.54, 1.807) is 25.3 Å². The summed E-state index contributed by atoms with van der Waals surface area (Å²) in [6.45, 7) is 5.61. The fourth-order valence-corrected chi connectivity index (χ4v) is 1.70. The Morgan fingerprint density at radius 2 is 2.06 bits per heavy atom. The Morgan fingerprint density at radius 1 is 1.41 bits per heavy atom. The van der Waals surface area contributed by atoms with E-state index < -0.39 is 11.0 Å². The van der Waals surface area contributed by atoms with Crippen molar-refractivity contribution in [3.05, 3.63) is 28.8 Å². The zero-order valence-electron chi connectivity index (χ0n) is 10.4. The van der Waals surface area contributed by atoms with E-state index in [4.69, 9.17) is 16.3 Å². The molecule has 0 spiro atoms. The average molecular weight is 274 g/mol. The minimum absolute atomic E-state index is 0.373. The van der Waals surface area contributed by atoms with Crippen LogP contribution >= 0.6 is 11.6 Å². The molecule has 0 aliphatic heterocycles. The highest BCUT2D eigenvalue weighted by Gasteiger charge is 2.18. The van der Waals surface area contributed by atoms with Gasteiger partial charge in [-0.3, -0.25) is 0 Å². The van der Waals surface area contributed by atoms with Crippen LogP contribution in [0.25, 0.3) is 0 Å². The molecule has 94 valence electrons. The van der Waals surface area contributed by atoms with Crippen molar-refractivity contribution < 1.29 is 8.95 Å². The predicted molar refractivity (Wildman–Crippen MR) is 73.5 cm³/mol. The summed E-state index contributed by atoms with van der Waals surface area (Å²) in [5, 5.41) is 0.556. The summed E-state index contributed by atoms with van der Waals surface area (Å²) in [4.78, 5) is 0. The van der Waals surface area contributed by atoms with Crippen molar-refractivity contribution in [2.75, 3.05) is 7.11 Å². The van der Waals surface area contributed by atoms with Crippen LogP contribution in [0.2, 0.25) is 5.02 Å². The maximum Gasteiger partial charge on any atom is 0.144 e. The SMILES string of the molecule is COc1ccc(Cl)c(C=N[S@](=O)C(C)(C)C)c1. The van der Waals surface area contributed by atoms with Crippen LogP contribution in [0.3, 0.4) is 0 Å². The van der Waals surface area contributed by atoms with E-state index in [-0.39, 0.29) is 4.75 Å². The number of rotatable bonds is 3. The molecule has 0 radical (unpaired) electrons. The van der Waals surface area contributed by atoms with E-state index in [2.05, 4.69) is 4.40 Å². The zero-order valence-corrected chi connectivity index (χ0v) is 11.9. The molecule has 1 aromatic rings. The lowest BCUT2D eigenvalue weighted by atomic mass is 10.2. The highest BCUT2D eigenvalue weighted by Crippen LogP contribution is 2.21. The van der Waals surface area contributed by atoms with Gasteiger partial charge in [0.05, 0.1) is 11.9 Å². The van der Waals surface area contributed by atoms with E-state index in [9.17, 15) is 4.21 Å². The smallest absolute Gasteiger partial charge is 0.144 e. The van der Waals surface area contributed by atoms with Crippen molar-refractivity contribution in [1.82, 2.24) is 0 Å². The van der Waals surface area contributed by atoms with Gasteiger partial charge >= 0.3 is 0 Å². The summed E-state index contributed by atoms with van der Waals surface area (Å²) in [5.41, 5.74) is 0.698. The van der Waals surface area contributed by atoms with Gasteiger partial charge in [0, 0.05) is 16.8 Å². The molecule has 0 N–H and O–H groups in total. The number of ether oxygens (including phenoxy) is 1. The van der Waals surface area contributed by atoms with Crippen LogP contribution in [0.5, 0.6) is 5.75 Å². The summed E-state index contributed by atoms with van der Waals surface area (Å²) in [6, 6.07) is 5.24. The van der Waals surface area contributed by atoms with E-state index in [0.29, 0.717) is 16.3 Å². The third-order valence-electron chi connectivity index (χ3n) is 2.01. The lowest BCUT2D eigenvalue weighted by molar-refractivity contribution is 0.415. The lowest BCUT2D eigenvalue weighted by Crippen LogP contribution is -2.19. The van der Waals surface area contributed by atoms with Crippen LogP contribution < -0.4 is 4.74 Å². The van der Waals surface area contributed by atoms with Crippen molar-refractivity contribution >= 4 is 28.8 Å². The molecular weight excluding hydrogens is 258 g/mol. The molecule has 0 bridgehead atoms. The molecule has 0 fully saturated rings. The quantitative estimate of drug-likeness (QED) is 0.793.